The Morgan fingerprint density at radius 3 is 2.22 bits per heavy atom. The van der Waals surface area contributed by atoms with Gasteiger partial charge in [-0.2, -0.15) is 0 Å². The van der Waals surface area contributed by atoms with E-state index in [4.69, 9.17) is 0 Å². The average Bonchev–Trinajstić information content (AvgIpc) is 2.25. The summed E-state index contributed by atoms with van der Waals surface area (Å²) in [6.45, 7) is 10.9. The van der Waals surface area contributed by atoms with E-state index in [0.29, 0.717) is 18.9 Å². The molecule has 0 aliphatic rings. The first-order valence-corrected chi connectivity index (χ1v) is 7.23. The Morgan fingerprint density at radius 2 is 1.78 bits per heavy atom. The maximum absolute atomic E-state index is 10.4. The first-order valence-electron chi connectivity index (χ1n) is 7.23. The van der Waals surface area contributed by atoms with E-state index in [-0.39, 0.29) is 6.17 Å². The van der Waals surface area contributed by atoms with E-state index in [1.54, 1.807) is 6.92 Å². The topological polar surface area (TPSA) is 64.5 Å². The minimum atomic E-state index is -1.05. The van der Waals surface area contributed by atoms with Gasteiger partial charge in [-0.1, -0.05) is 20.3 Å². The first-order chi connectivity index (χ1) is 8.33. The zero-order chi connectivity index (χ0) is 14.2. The summed E-state index contributed by atoms with van der Waals surface area (Å²) in [5, 5.41) is 27.1. The van der Waals surface area contributed by atoms with Crippen LogP contribution in [0.2, 0.25) is 0 Å². The van der Waals surface area contributed by atoms with E-state index >= 15 is 0 Å². The average molecular weight is 260 g/mol. The molecule has 0 bridgehead atoms. The van der Waals surface area contributed by atoms with Gasteiger partial charge in [0.1, 0.15) is 0 Å². The second kappa shape index (κ2) is 8.86. The summed E-state index contributed by atoms with van der Waals surface area (Å²) in [7, 11) is 0. The van der Waals surface area contributed by atoms with Crippen LogP contribution >= 0.6 is 0 Å². The highest BCUT2D eigenvalue weighted by atomic mass is 16.3. The molecule has 0 aliphatic heterocycles. The maximum Gasteiger partial charge on any atom is 0.0905 e. The molecule has 0 saturated heterocycles. The van der Waals surface area contributed by atoms with E-state index in [0.717, 1.165) is 19.4 Å². The highest BCUT2D eigenvalue weighted by Gasteiger charge is 2.32. The molecule has 4 N–H and O–H groups in total. The first kappa shape index (κ1) is 17.8. The number of hydrogen-bond donors (Lipinski definition) is 4. The van der Waals surface area contributed by atoms with Gasteiger partial charge in [-0.25, -0.2) is 0 Å². The van der Waals surface area contributed by atoms with Crippen molar-refractivity contribution in [3.63, 3.8) is 0 Å². The van der Waals surface area contributed by atoms with Gasteiger partial charge in [0.2, 0.25) is 0 Å². The molecule has 0 amide bonds. The van der Waals surface area contributed by atoms with Gasteiger partial charge in [-0.15, -0.1) is 0 Å². The minimum Gasteiger partial charge on any atom is -0.390 e. The number of hydrogen-bond acceptors (Lipinski definition) is 4. The van der Waals surface area contributed by atoms with E-state index in [2.05, 4.69) is 31.4 Å². The van der Waals surface area contributed by atoms with Crippen molar-refractivity contribution < 1.29 is 10.2 Å². The Hall–Kier alpha value is -0.160. The lowest BCUT2D eigenvalue weighted by molar-refractivity contribution is -0.0777. The molecule has 4 heteroatoms. The predicted molar refractivity (Wildman–Crippen MR) is 76.5 cm³/mol. The summed E-state index contributed by atoms with van der Waals surface area (Å²) < 4.78 is 0. The maximum atomic E-state index is 10.4. The second-order valence-electron chi connectivity index (χ2n) is 5.69. The van der Waals surface area contributed by atoms with E-state index in [9.17, 15) is 10.2 Å². The lowest BCUT2D eigenvalue weighted by Crippen LogP contribution is -2.53. The summed E-state index contributed by atoms with van der Waals surface area (Å²) >= 11 is 0. The van der Waals surface area contributed by atoms with Crippen molar-refractivity contribution in [2.45, 2.75) is 84.2 Å². The van der Waals surface area contributed by atoms with Gasteiger partial charge < -0.3 is 15.5 Å². The zero-order valence-electron chi connectivity index (χ0n) is 12.7. The van der Waals surface area contributed by atoms with Crippen molar-refractivity contribution in [2.24, 2.45) is 0 Å². The molecule has 0 spiro atoms. The van der Waals surface area contributed by atoms with Crippen molar-refractivity contribution >= 4 is 0 Å². The normalized spacial score (nSPS) is 18.7. The van der Waals surface area contributed by atoms with Crippen LogP contribution in [0.3, 0.4) is 0 Å². The lowest BCUT2D eigenvalue weighted by Gasteiger charge is -2.34. The van der Waals surface area contributed by atoms with Crippen LogP contribution in [0.4, 0.5) is 0 Å². The van der Waals surface area contributed by atoms with Crippen LogP contribution in [0.15, 0.2) is 0 Å². The highest BCUT2D eigenvalue weighted by Crippen LogP contribution is 2.20. The van der Waals surface area contributed by atoms with Gasteiger partial charge in [-0.3, -0.25) is 5.32 Å². The van der Waals surface area contributed by atoms with Gasteiger partial charge in [0.15, 0.2) is 0 Å². The fourth-order valence-corrected chi connectivity index (χ4v) is 2.04. The SMILES string of the molecule is CCCNC(CC(C)(O)C(O)CCC)NC(C)C. The highest BCUT2D eigenvalue weighted by molar-refractivity contribution is 4.86. The van der Waals surface area contributed by atoms with Crippen LogP contribution in [0.1, 0.15) is 60.3 Å². The summed E-state index contributed by atoms with van der Waals surface area (Å²) in [6.07, 6.45) is 2.44. The molecule has 0 aromatic heterocycles. The molecular weight excluding hydrogens is 228 g/mol. The van der Waals surface area contributed by atoms with E-state index < -0.39 is 11.7 Å². The van der Waals surface area contributed by atoms with Gasteiger partial charge in [0.05, 0.1) is 17.9 Å². The third kappa shape index (κ3) is 7.31. The molecule has 3 unspecified atom stereocenters. The van der Waals surface area contributed by atoms with Crippen LogP contribution < -0.4 is 10.6 Å². The summed E-state index contributed by atoms with van der Waals surface area (Å²) in [6, 6.07) is 0.346. The van der Waals surface area contributed by atoms with Crippen molar-refractivity contribution in [3.05, 3.63) is 0 Å². The Kier molecular flexibility index (Phi) is 8.78. The van der Waals surface area contributed by atoms with E-state index in [1.165, 1.54) is 0 Å². The van der Waals surface area contributed by atoms with Crippen LogP contribution in [0, 0.1) is 0 Å². The zero-order valence-corrected chi connectivity index (χ0v) is 12.7. The summed E-state index contributed by atoms with van der Waals surface area (Å²) in [5.41, 5.74) is -1.05. The quantitative estimate of drug-likeness (QED) is 0.451. The Morgan fingerprint density at radius 1 is 1.17 bits per heavy atom. The molecule has 110 valence electrons. The fourth-order valence-electron chi connectivity index (χ4n) is 2.04. The van der Waals surface area contributed by atoms with Gasteiger partial charge >= 0.3 is 0 Å². The van der Waals surface area contributed by atoms with Crippen molar-refractivity contribution in [1.29, 1.82) is 0 Å². The van der Waals surface area contributed by atoms with Crippen molar-refractivity contribution in [3.8, 4) is 0 Å². The number of aliphatic hydroxyl groups is 2. The van der Waals surface area contributed by atoms with Crippen LogP contribution in [-0.4, -0.2) is 40.7 Å². The molecule has 3 atom stereocenters. The molecule has 4 nitrogen and oxygen atoms in total. The predicted octanol–water partition coefficient (Wildman–Crippen LogP) is 1.61. The molecule has 0 rings (SSSR count). The monoisotopic (exact) mass is 260 g/mol. The van der Waals surface area contributed by atoms with Gasteiger partial charge in [-0.05, 0) is 40.2 Å². The van der Waals surface area contributed by atoms with Crippen LogP contribution in [0.25, 0.3) is 0 Å². The number of rotatable bonds is 10. The summed E-state index contributed by atoms with van der Waals surface area (Å²) in [5.74, 6) is 0. The van der Waals surface area contributed by atoms with Crippen molar-refractivity contribution in [1.82, 2.24) is 10.6 Å². The minimum absolute atomic E-state index is 0.0338. The van der Waals surface area contributed by atoms with Crippen LogP contribution in [-0.2, 0) is 0 Å². The van der Waals surface area contributed by atoms with Gasteiger partial charge in [0.25, 0.3) is 0 Å². The van der Waals surface area contributed by atoms with Crippen molar-refractivity contribution in [2.75, 3.05) is 6.54 Å². The number of aliphatic hydroxyl groups excluding tert-OH is 1. The molecule has 0 radical (unpaired) electrons. The third-order valence-electron chi connectivity index (χ3n) is 3.07. The smallest absolute Gasteiger partial charge is 0.0905 e. The Labute approximate surface area is 112 Å². The molecule has 0 aromatic rings. The van der Waals surface area contributed by atoms with Crippen LogP contribution in [0.5, 0.6) is 0 Å². The molecule has 18 heavy (non-hydrogen) atoms. The molecule has 0 saturated carbocycles. The molecule has 0 fully saturated rings. The fraction of sp³-hybridized carbons (Fsp3) is 1.00. The standard InChI is InChI=1S/C14H32N2O2/c1-6-8-12(17)14(5,18)10-13(15-9-7-2)16-11(3)4/h11-13,15-18H,6-10H2,1-5H3. The molecule has 0 heterocycles. The molecular formula is C14H32N2O2. The van der Waals surface area contributed by atoms with Gasteiger partial charge in [0, 0.05) is 12.5 Å². The molecule has 0 aromatic carbocycles. The van der Waals surface area contributed by atoms with E-state index in [1.807, 2.05) is 6.92 Å². The second-order valence-corrected chi connectivity index (χ2v) is 5.69. The Balaban J connectivity index is 4.42. The summed E-state index contributed by atoms with van der Waals surface area (Å²) in [4.78, 5) is 0. The lowest BCUT2D eigenvalue weighted by atomic mass is 9.90. The third-order valence-corrected chi connectivity index (χ3v) is 3.07. The molecule has 0 aliphatic carbocycles. The number of nitrogens with one attached hydrogen (secondary N) is 2. The Bertz CT molecular complexity index is 208. The largest absolute Gasteiger partial charge is 0.390 e.